The molecule has 124 valence electrons. The summed E-state index contributed by atoms with van der Waals surface area (Å²) < 4.78 is 12.6. The lowest BCUT2D eigenvalue weighted by Crippen LogP contribution is -2.02. The van der Waals surface area contributed by atoms with Gasteiger partial charge in [0.05, 0.1) is 6.61 Å². The fourth-order valence-corrected chi connectivity index (χ4v) is 2.20. The van der Waals surface area contributed by atoms with Gasteiger partial charge in [-0.15, -0.1) is 0 Å². The van der Waals surface area contributed by atoms with Gasteiger partial charge in [0.2, 0.25) is 5.95 Å². The summed E-state index contributed by atoms with van der Waals surface area (Å²) in [5.41, 5.74) is 0.906. The number of rotatable bonds is 8. The molecule has 0 unspecified atom stereocenters. The maximum absolute atomic E-state index is 5.64. The predicted octanol–water partition coefficient (Wildman–Crippen LogP) is 3.43. The molecule has 24 heavy (non-hydrogen) atoms. The molecule has 0 radical (unpaired) electrons. The van der Waals surface area contributed by atoms with Crippen LogP contribution in [-0.4, -0.2) is 34.9 Å². The van der Waals surface area contributed by atoms with Crippen molar-refractivity contribution in [3.63, 3.8) is 0 Å². The third-order valence-corrected chi connectivity index (χ3v) is 3.38. The van der Waals surface area contributed by atoms with E-state index in [9.17, 15) is 0 Å². The van der Waals surface area contributed by atoms with Crippen LogP contribution in [0, 0.1) is 0 Å². The molecule has 2 aromatic heterocycles. The van der Waals surface area contributed by atoms with Gasteiger partial charge in [-0.3, -0.25) is 0 Å². The first-order valence-corrected chi connectivity index (χ1v) is 7.80. The SMILES string of the molecule is COCCCOc1ccc(Nc2nccc(-n3cccc3)n2)cc1. The van der Waals surface area contributed by atoms with E-state index in [1.54, 1.807) is 13.3 Å². The van der Waals surface area contributed by atoms with Crippen LogP contribution in [0.2, 0.25) is 0 Å². The van der Waals surface area contributed by atoms with Crippen LogP contribution in [0.3, 0.4) is 0 Å². The van der Waals surface area contributed by atoms with Gasteiger partial charge in [0.15, 0.2) is 0 Å². The molecule has 6 nitrogen and oxygen atoms in total. The lowest BCUT2D eigenvalue weighted by molar-refractivity contribution is 0.172. The van der Waals surface area contributed by atoms with E-state index in [-0.39, 0.29) is 0 Å². The Hall–Kier alpha value is -2.86. The lowest BCUT2D eigenvalue weighted by atomic mass is 10.3. The molecule has 0 atom stereocenters. The maximum Gasteiger partial charge on any atom is 0.229 e. The number of hydrogen-bond acceptors (Lipinski definition) is 5. The highest BCUT2D eigenvalue weighted by atomic mass is 16.5. The third kappa shape index (κ3) is 4.33. The first-order valence-electron chi connectivity index (χ1n) is 7.80. The molecular weight excluding hydrogens is 304 g/mol. The van der Waals surface area contributed by atoms with Crippen LogP contribution >= 0.6 is 0 Å². The second-order valence-electron chi connectivity index (χ2n) is 5.17. The number of aromatic nitrogens is 3. The van der Waals surface area contributed by atoms with Gasteiger partial charge in [0.1, 0.15) is 11.6 Å². The number of hydrogen-bond donors (Lipinski definition) is 1. The van der Waals surface area contributed by atoms with Crippen LogP contribution in [0.5, 0.6) is 5.75 Å². The average Bonchev–Trinajstić information content (AvgIpc) is 3.15. The Morgan fingerprint density at radius 2 is 1.83 bits per heavy atom. The summed E-state index contributed by atoms with van der Waals surface area (Å²) in [6, 6.07) is 13.5. The van der Waals surface area contributed by atoms with Crippen LogP contribution in [0.1, 0.15) is 6.42 Å². The second kappa shape index (κ2) is 8.12. The van der Waals surface area contributed by atoms with Gasteiger partial charge < -0.3 is 19.4 Å². The fraction of sp³-hybridized carbons (Fsp3) is 0.222. The van der Waals surface area contributed by atoms with Crippen LogP contribution in [0.25, 0.3) is 5.82 Å². The molecule has 3 rings (SSSR count). The summed E-state index contributed by atoms with van der Waals surface area (Å²) in [6.45, 7) is 1.34. The van der Waals surface area contributed by atoms with Crippen LogP contribution in [0.4, 0.5) is 11.6 Å². The van der Waals surface area contributed by atoms with Gasteiger partial charge in [-0.05, 0) is 42.5 Å². The van der Waals surface area contributed by atoms with Gasteiger partial charge in [-0.2, -0.15) is 4.98 Å². The summed E-state index contributed by atoms with van der Waals surface area (Å²) >= 11 is 0. The van der Waals surface area contributed by atoms with Crippen molar-refractivity contribution in [2.75, 3.05) is 25.6 Å². The Bertz CT molecular complexity index is 742. The van der Waals surface area contributed by atoms with Crippen LogP contribution in [-0.2, 0) is 4.74 Å². The zero-order chi connectivity index (χ0) is 16.6. The molecular formula is C18H20N4O2. The quantitative estimate of drug-likeness (QED) is 0.643. The molecule has 2 heterocycles. The highest BCUT2D eigenvalue weighted by Gasteiger charge is 2.02. The van der Waals surface area contributed by atoms with Gasteiger partial charge in [0.25, 0.3) is 0 Å². The van der Waals surface area contributed by atoms with E-state index >= 15 is 0 Å². The lowest BCUT2D eigenvalue weighted by Gasteiger charge is -2.09. The summed E-state index contributed by atoms with van der Waals surface area (Å²) in [4.78, 5) is 8.75. The van der Waals surface area contributed by atoms with E-state index in [0.29, 0.717) is 19.2 Å². The fourth-order valence-electron chi connectivity index (χ4n) is 2.20. The van der Waals surface area contributed by atoms with Crippen LogP contribution < -0.4 is 10.1 Å². The van der Waals surface area contributed by atoms with E-state index in [1.807, 2.05) is 59.4 Å². The molecule has 0 aliphatic carbocycles. The monoisotopic (exact) mass is 324 g/mol. The second-order valence-corrected chi connectivity index (χ2v) is 5.17. The maximum atomic E-state index is 5.64. The smallest absolute Gasteiger partial charge is 0.229 e. The summed E-state index contributed by atoms with van der Waals surface area (Å²) in [5, 5.41) is 3.20. The Balaban J connectivity index is 1.61. The zero-order valence-corrected chi connectivity index (χ0v) is 13.6. The van der Waals surface area contributed by atoms with Gasteiger partial charge in [-0.25, -0.2) is 4.98 Å². The van der Waals surface area contributed by atoms with E-state index in [2.05, 4.69) is 15.3 Å². The number of methoxy groups -OCH3 is 1. The van der Waals surface area contributed by atoms with Crippen molar-refractivity contribution in [2.24, 2.45) is 0 Å². The molecule has 0 saturated heterocycles. The molecule has 0 aliphatic rings. The summed E-state index contributed by atoms with van der Waals surface area (Å²) in [5.74, 6) is 2.20. The number of ether oxygens (including phenoxy) is 2. The van der Waals surface area contributed by atoms with Crippen LogP contribution in [0.15, 0.2) is 61.1 Å². The van der Waals surface area contributed by atoms with Crippen molar-refractivity contribution in [1.29, 1.82) is 0 Å². The largest absolute Gasteiger partial charge is 0.494 e. The number of benzene rings is 1. The van der Waals surface area contributed by atoms with Crippen molar-refractivity contribution in [2.45, 2.75) is 6.42 Å². The van der Waals surface area contributed by atoms with E-state index in [0.717, 1.165) is 23.7 Å². The van der Waals surface area contributed by atoms with Gasteiger partial charge in [0, 0.05) is 44.4 Å². The first-order chi connectivity index (χ1) is 11.8. The highest BCUT2D eigenvalue weighted by Crippen LogP contribution is 2.18. The Morgan fingerprint density at radius 1 is 1.04 bits per heavy atom. The average molecular weight is 324 g/mol. The summed E-state index contributed by atoms with van der Waals surface area (Å²) in [6.07, 6.45) is 6.50. The Morgan fingerprint density at radius 3 is 2.58 bits per heavy atom. The zero-order valence-electron chi connectivity index (χ0n) is 13.6. The van der Waals surface area contributed by atoms with Crippen molar-refractivity contribution in [3.8, 4) is 11.6 Å². The highest BCUT2D eigenvalue weighted by molar-refractivity contribution is 5.55. The molecule has 1 N–H and O–H groups in total. The van der Waals surface area contributed by atoms with Crippen molar-refractivity contribution < 1.29 is 9.47 Å². The number of nitrogens with one attached hydrogen (secondary N) is 1. The third-order valence-electron chi connectivity index (χ3n) is 3.38. The molecule has 6 heteroatoms. The number of anilines is 2. The molecule has 0 amide bonds. The minimum atomic E-state index is 0.551. The van der Waals surface area contributed by atoms with E-state index in [1.165, 1.54) is 0 Å². The standard InChI is InChI=1S/C18H20N4O2/c1-23-13-4-14-24-16-7-5-15(6-8-16)20-18-19-10-9-17(21-18)22-11-2-3-12-22/h2-3,5-12H,4,13-14H2,1H3,(H,19,20,21). The van der Waals surface area contributed by atoms with E-state index in [4.69, 9.17) is 9.47 Å². The Labute approximate surface area is 141 Å². The minimum absolute atomic E-state index is 0.551. The molecule has 0 bridgehead atoms. The molecule has 1 aromatic carbocycles. The van der Waals surface area contributed by atoms with Gasteiger partial charge >= 0.3 is 0 Å². The van der Waals surface area contributed by atoms with Crippen molar-refractivity contribution in [3.05, 3.63) is 61.1 Å². The summed E-state index contributed by atoms with van der Waals surface area (Å²) in [7, 11) is 1.69. The molecule has 3 aromatic rings. The van der Waals surface area contributed by atoms with Crippen molar-refractivity contribution in [1.82, 2.24) is 14.5 Å². The predicted molar refractivity (Wildman–Crippen MR) is 93.1 cm³/mol. The van der Waals surface area contributed by atoms with Gasteiger partial charge in [-0.1, -0.05) is 0 Å². The van der Waals surface area contributed by atoms with Crippen molar-refractivity contribution >= 4 is 11.6 Å². The molecule has 0 aliphatic heterocycles. The van der Waals surface area contributed by atoms with E-state index < -0.39 is 0 Å². The minimum Gasteiger partial charge on any atom is -0.494 e. The Kier molecular flexibility index (Phi) is 5.42. The topological polar surface area (TPSA) is 61.2 Å². The number of nitrogens with zero attached hydrogens (tertiary/aromatic N) is 3. The molecule has 0 saturated carbocycles. The normalized spacial score (nSPS) is 10.5. The first kappa shape index (κ1) is 16.0. The molecule has 0 fully saturated rings. The molecule has 0 spiro atoms.